The Morgan fingerprint density at radius 2 is 2.17 bits per heavy atom. The topological polar surface area (TPSA) is 63.1 Å². The first-order chi connectivity index (χ1) is 11.0. The molecular weight excluding hydrogens is 310 g/mol. The number of rotatable bonds is 3. The number of amides is 1. The van der Waals surface area contributed by atoms with Gasteiger partial charge in [0.2, 0.25) is 0 Å². The van der Waals surface area contributed by atoms with Gasteiger partial charge in [0.15, 0.2) is 0 Å². The Labute approximate surface area is 140 Å². The minimum Gasteiger partial charge on any atom is -0.378 e. The van der Waals surface area contributed by atoms with E-state index in [9.17, 15) is 4.79 Å². The van der Waals surface area contributed by atoms with E-state index in [0.29, 0.717) is 12.1 Å². The molecule has 2 aromatic heterocycles. The Morgan fingerprint density at radius 3 is 2.83 bits per heavy atom. The summed E-state index contributed by atoms with van der Waals surface area (Å²) in [5, 5.41) is 8.53. The second kappa shape index (κ2) is 6.31. The number of nitrogens with zero attached hydrogens (tertiary/aromatic N) is 4. The van der Waals surface area contributed by atoms with Crippen molar-refractivity contribution in [2.45, 2.75) is 39.7 Å². The van der Waals surface area contributed by atoms with E-state index < -0.39 is 0 Å². The van der Waals surface area contributed by atoms with Crippen molar-refractivity contribution < 1.29 is 4.79 Å². The first-order valence-corrected chi connectivity index (χ1v) is 8.74. The molecular formula is C16H23N5OS. The second-order valence-corrected chi connectivity index (χ2v) is 6.91. The molecule has 0 aromatic carbocycles. The van der Waals surface area contributed by atoms with Crippen LogP contribution in [0.25, 0.3) is 0 Å². The van der Waals surface area contributed by atoms with E-state index in [0.717, 1.165) is 41.5 Å². The minimum absolute atomic E-state index is 0.0758. The Kier molecular flexibility index (Phi) is 4.39. The molecule has 1 amide bonds. The Balaban J connectivity index is 1.82. The van der Waals surface area contributed by atoms with Gasteiger partial charge in [-0.1, -0.05) is 0 Å². The molecule has 1 aliphatic rings. The third-order valence-corrected chi connectivity index (χ3v) is 5.33. The van der Waals surface area contributed by atoms with Crippen molar-refractivity contribution in [3.63, 3.8) is 0 Å². The van der Waals surface area contributed by atoms with Crippen molar-refractivity contribution in [1.29, 1.82) is 0 Å². The van der Waals surface area contributed by atoms with Crippen LogP contribution in [0.3, 0.4) is 0 Å². The first-order valence-electron chi connectivity index (χ1n) is 7.97. The zero-order chi connectivity index (χ0) is 16.6. The zero-order valence-corrected chi connectivity index (χ0v) is 14.9. The molecule has 0 unspecified atom stereocenters. The molecule has 3 heterocycles. The van der Waals surface area contributed by atoms with Crippen LogP contribution >= 0.6 is 11.5 Å². The van der Waals surface area contributed by atoms with Gasteiger partial charge in [-0.2, -0.15) is 9.47 Å². The summed E-state index contributed by atoms with van der Waals surface area (Å²) in [6.07, 6.45) is 2.06. The second-order valence-electron chi connectivity index (χ2n) is 6.14. The summed E-state index contributed by atoms with van der Waals surface area (Å²) in [7, 11) is 1.83. The lowest BCUT2D eigenvalue weighted by Crippen LogP contribution is -2.41. The first kappa shape index (κ1) is 16.0. The summed E-state index contributed by atoms with van der Waals surface area (Å²) < 4.78 is 6.39. The molecule has 0 bridgehead atoms. The van der Waals surface area contributed by atoms with Gasteiger partial charge in [0.25, 0.3) is 5.91 Å². The van der Waals surface area contributed by atoms with Gasteiger partial charge in [-0.25, -0.2) is 0 Å². The third-order valence-electron chi connectivity index (χ3n) is 4.38. The quantitative estimate of drug-likeness (QED) is 0.938. The Bertz CT molecular complexity index is 720. The number of carbonyl (C=O) groups excluding carboxylic acids is 1. The highest BCUT2D eigenvalue weighted by Gasteiger charge is 2.29. The molecule has 0 radical (unpaired) electrons. The number of anilines is 1. The van der Waals surface area contributed by atoms with Gasteiger partial charge in [-0.15, -0.1) is 0 Å². The number of piperidine rings is 1. The predicted molar refractivity (Wildman–Crippen MR) is 92.3 cm³/mol. The van der Waals surface area contributed by atoms with Crippen molar-refractivity contribution in [2.24, 2.45) is 0 Å². The van der Waals surface area contributed by atoms with Crippen LogP contribution in [-0.4, -0.2) is 45.1 Å². The van der Waals surface area contributed by atoms with Crippen LogP contribution in [0.2, 0.25) is 0 Å². The van der Waals surface area contributed by atoms with Crippen LogP contribution in [0.5, 0.6) is 0 Å². The lowest BCUT2D eigenvalue weighted by atomic mass is 10.0. The van der Waals surface area contributed by atoms with Gasteiger partial charge in [0.05, 0.1) is 23.0 Å². The largest absolute Gasteiger partial charge is 0.378 e. The van der Waals surface area contributed by atoms with Crippen LogP contribution in [0, 0.1) is 20.8 Å². The van der Waals surface area contributed by atoms with E-state index in [-0.39, 0.29) is 11.9 Å². The van der Waals surface area contributed by atoms with Gasteiger partial charge in [0, 0.05) is 25.8 Å². The maximum absolute atomic E-state index is 13.0. The van der Waals surface area contributed by atoms with E-state index >= 15 is 0 Å². The maximum Gasteiger partial charge on any atom is 0.258 e. The van der Waals surface area contributed by atoms with Gasteiger partial charge in [-0.05, 0) is 51.2 Å². The Morgan fingerprint density at radius 1 is 1.39 bits per heavy atom. The molecule has 7 heteroatoms. The van der Waals surface area contributed by atoms with Crippen molar-refractivity contribution >= 4 is 22.4 Å². The smallest absolute Gasteiger partial charge is 0.258 e. The van der Waals surface area contributed by atoms with Gasteiger partial charge < -0.3 is 10.2 Å². The van der Waals surface area contributed by atoms with E-state index in [1.54, 1.807) is 0 Å². The standard InChI is InChI=1S/C16H23N5OS/c1-10-8-11(2)21(18-10)13-6-5-7-20(9-13)16(22)14-12(3)19-23-15(14)17-4/h8,13,17H,5-7,9H2,1-4H3/t13-/m1/s1. The molecule has 6 nitrogen and oxygen atoms in total. The molecule has 1 saturated heterocycles. The van der Waals surface area contributed by atoms with Crippen molar-refractivity contribution in [3.8, 4) is 0 Å². The molecule has 1 fully saturated rings. The average molecular weight is 333 g/mol. The van der Waals surface area contributed by atoms with Gasteiger partial charge >= 0.3 is 0 Å². The van der Waals surface area contributed by atoms with Crippen LogP contribution < -0.4 is 5.32 Å². The summed E-state index contributed by atoms with van der Waals surface area (Å²) in [5.41, 5.74) is 3.71. The summed E-state index contributed by atoms with van der Waals surface area (Å²) in [6.45, 7) is 7.49. The van der Waals surface area contributed by atoms with E-state index in [4.69, 9.17) is 0 Å². The summed E-state index contributed by atoms with van der Waals surface area (Å²) in [6, 6.07) is 2.35. The molecule has 0 aliphatic carbocycles. The molecule has 0 spiro atoms. The summed E-state index contributed by atoms with van der Waals surface area (Å²) in [5.74, 6) is 0.0758. The number of hydrogen-bond acceptors (Lipinski definition) is 5. The minimum atomic E-state index is 0.0758. The number of hydrogen-bond donors (Lipinski definition) is 1. The fraction of sp³-hybridized carbons (Fsp3) is 0.562. The fourth-order valence-electron chi connectivity index (χ4n) is 3.30. The van der Waals surface area contributed by atoms with Crippen LogP contribution in [0.15, 0.2) is 6.07 Å². The van der Waals surface area contributed by atoms with Gasteiger partial charge in [0.1, 0.15) is 5.00 Å². The monoisotopic (exact) mass is 333 g/mol. The molecule has 0 saturated carbocycles. The molecule has 124 valence electrons. The molecule has 3 rings (SSSR count). The predicted octanol–water partition coefficient (Wildman–Crippen LogP) is 2.78. The van der Waals surface area contributed by atoms with Gasteiger partial charge in [-0.3, -0.25) is 9.48 Å². The molecule has 1 atom stereocenters. The normalized spacial score (nSPS) is 18.3. The highest BCUT2D eigenvalue weighted by Crippen LogP contribution is 2.29. The summed E-state index contributed by atoms with van der Waals surface area (Å²) >= 11 is 1.35. The molecule has 2 aromatic rings. The lowest BCUT2D eigenvalue weighted by molar-refractivity contribution is 0.0672. The lowest BCUT2D eigenvalue weighted by Gasteiger charge is -2.33. The van der Waals surface area contributed by atoms with E-state index in [2.05, 4.69) is 32.5 Å². The van der Waals surface area contributed by atoms with Crippen molar-refractivity contribution in [1.82, 2.24) is 19.1 Å². The van der Waals surface area contributed by atoms with E-state index in [1.807, 2.05) is 25.8 Å². The summed E-state index contributed by atoms with van der Waals surface area (Å²) in [4.78, 5) is 14.9. The van der Waals surface area contributed by atoms with Crippen LogP contribution in [-0.2, 0) is 0 Å². The maximum atomic E-state index is 13.0. The molecule has 1 aliphatic heterocycles. The number of likely N-dealkylation sites (tertiary alicyclic amines) is 1. The number of aromatic nitrogens is 3. The highest BCUT2D eigenvalue weighted by atomic mass is 32.1. The van der Waals surface area contributed by atoms with Crippen LogP contribution in [0.1, 0.15) is 46.3 Å². The Hall–Kier alpha value is -1.89. The number of nitrogens with one attached hydrogen (secondary N) is 1. The number of aryl methyl sites for hydroxylation is 3. The third kappa shape index (κ3) is 2.97. The van der Waals surface area contributed by atoms with Crippen molar-refractivity contribution in [2.75, 3.05) is 25.5 Å². The zero-order valence-electron chi connectivity index (χ0n) is 14.1. The molecule has 1 N–H and O–H groups in total. The number of carbonyl (C=O) groups is 1. The van der Waals surface area contributed by atoms with Crippen LogP contribution in [0.4, 0.5) is 5.00 Å². The SMILES string of the molecule is CNc1snc(C)c1C(=O)N1CCC[C@@H](n2nc(C)cc2C)C1. The van der Waals surface area contributed by atoms with E-state index in [1.165, 1.54) is 11.5 Å². The molecule has 23 heavy (non-hydrogen) atoms. The highest BCUT2D eigenvalue weighted by molar-refractivity contribution is 7.10. The fourth-order valence-corrected chi connectivity index (χ4v) is 4.04. The van der Waals surface area contributed by atoms with Crippen molar-refractivity contribution in [3.05, 3.63) is 28.7 Å². The average Bonchev–Trinajstić information content (AvgIpc) is 3.08.